The van der Waals surface area contributed by atoms with Crippen molar-refractivity contribution in [1.82, 2.24) is 9.55 Å². The molecular formula is C14H11N3O5S. The first-order valence-corrected chi connectivity index (χ1v) is 7.88. The summed E-state index contributed by atoms with van der Waals surface area (Å²) in [4.78, 5) is 14.0. The second kappa shape index (κ2) is 5.36. The Hall–Kier alpha value is -2.94. The van der Waals surface area contributed by atoms with Crippen LogP contribution in [0.4, 0.5) is 5.69 Å². The van der Waals surface area contributed by atoms with Crippen LogP contribution in [0, 0.1) is 10.1 Å². The molecule has 0 radical (unpaired) electrons. The summed E-state index contributed by atoms with van der Waals surface area (Å²) in [5.41, 5.74) is 1.24. The number of benzene rings is 2. The monoisotopic (exact) mass is 333 g/mol. The molecular weight excluding hydrogens is 322 g/mol. The number of nitro groups is 1. The van der Waals surface area contributed by atoms with Crippen LogP contribution in [0.1, 0.15) is 0 Å². The van der Waals surface area contributed by atoms with Gasteiger partial charge in [0.05, 0.1) is 22.3 Å². The molecule has 9 heteroatoms. The average Bonchev–Trinajstić information content (AvgIpc) is 2.88. The largest absolute Gasteiger partial charge is 0.379 e. The highest BCUT2D eigenvalue weighted by Crippen LogP contribution is 2.24. The molecule has 0 fully saturated rings. The van der Waals surface area contributed by atoms with E-state index >= 15 is 0 Å². The van der Waals surface area contributed by atoms with E-state index in [2.05, 4.69) is 4.98 Å². The molecule has 0 saturated carbocycles. The standard InChI is InChI=1S/C14H11N3O5S/c1-16-9-15-13-8-11(4-7-14(13)16)22-23(20,21)12-5-2-10(3-6-12)17(18)19/h2-9H,1H3. The number of hydrogen-bond donors (Lipinski definition) is 0. The van der Waals surface area contributed by atoms with E-state index in [0.29, 0.717) is 5.52 Å². The Morgan fingerprint density at radius 3 is 2.52 bits per heavy atom. The highest BCUT2D eigenvalue weighted by molar-refractivity contribution is 7.87. The maximum absolute atomic E-state index is 12.2. The van der Waals surface area contributed by atoms with Gasteiger partial charge in [-0.15, -0.1) is 0 Å². The van der Waals surface area contributed by atoms with Gasteiger partial charge in [-0.25, -0.2) is 4.98 Å². The van der Waals surface area contributed by atoms with Crippen LogP contribution in [0.25, 0.3) is 11.0 Å². The number of nitrogens with zero attached hydrogens (tertiary/aromatic N) is 3. The molecule has 1 heterocycles. The predicted molar refractivity (Wildman–Crippen MR) is 81.6 cm³/mol. The maximum Gasteiger partial charge on any atom is 0.339 e. The van der Waals surface area contributed by atoms with Crippen molar-refractivity contribution in [3.8, 4) is 5.75 Å². The number of aromatic nitrogens is 2. The van der Waals surface area contributed by atoms with Crippen molar-refractivity contribution < 1.29 is 17.5 Å². The molecule has 118 valence electrons. The summed E-state index contributed by atoms with van der Waals surface area (Å²) in [5.74, 6) is 0.120. The molecule has 0 saturated heterocycles. The second-order valence-electron chi connectivity index (χ2n) is 4.79. The molecule has 0 bridgehead atoms. The minimum atomic E-state index is -4.07. The van der Waals surface area contributed by atoms with E-state index in [1.807, 2.05) is 7.05 Å². The summed E-state index contributed by atoms with van der Waals surface area (Å²) >= 11 is 0. The molecule has 0 aliphatic rings. The lowest BCUT2D eigenvalue weighted by Gasteiger charge is -2.07. The summed E-state index contributed by atoms with van der Waals surface area (Å²) in [6, 6.07) is 9.21. The van der Waals surface area contributed by atoms with Crippen molar-refractivity contribution in [2.24, 2.45) is 7.05 Å². The number of fused-ring (bicyclic) bond motifs is 1. The first-order valence-electron chi connectivity index (χ1n) is 6.47. The first kappa shape index (κ1) is 15.0. The smallest absolute Gasteiger partial charge is 0.339 e. The summed E-state index contributed by atoms with van der Waals surface area (Å²) in [6.07, 6.45) is 1.61. The third-order valence-corrected chi connectivity index (χ3v) is 4.50. The van der Waals surface area contributed by atoms with E-state index in [-0.39, 0.29) is 16.3 Å². The quantitative estimate of drug-likeness (QED) is 0.412. The third-order valence-electron chi connectivity index (χ3n) is 3.24. The SMILES string of the molecule is Cn1cnc2cc(OS(=O)(=O)c3ccc([N+](=O)[O-])cc3)ccc21. The van der Waals surface area contributed by atoms with Crippen molar-refractivity contribution in [2.75, 3.05) is 0 Å². The predicted octanol–water partition coefficient (Wildman–Crippen LogP) is 2.25. The van der Waals surface area contributed by atoms with E-state index in [0.717, 1.165) is 29.8 Å². The highest BCUT2D eigenvalue weighted by atomic mass is 32.2. The van der Waals surface area contributed by atoms with Crippen LogP contribution in [-0.4, -0.2) is 22.9 Å². The zero-order valence-corrected chi connectivity index (χ0v) is 12.7. The Morgan fingerprint density at radius 1 is 1.17 bits per heavy atom. The van der Waals surface area contributed by atoms with Crippen LogP contribution in [0.2, 0.25) is 0 Å². The molecule has 0 spiro atoms. The van der Waals surface area contributed by atoms with Gasteiger partial charge in [0.15, 0.2) is 0 Å². The Morgan fingerprint density at radius 2 is 1.87 bits per heavy atom. The van der Waals surface area contributed by atoms with Crippen LogP contribution < -0.4 is 4.18 Å². The highest BCUT2D eigenvalue weighted by Gasteiger charge is 2.18. The minimum Gasteiger partial charge on any atom is -0.379 e. The van der Waals surface area contributed by atoms with Crippen LogP contribution >= 0.6 is 0 Å². The van der Waals surface area contributed by atoms with Crippen molar-refractivity contribution in [1.29, 1.82) is 0 Å². The maximum atomic E-state index is 12.2. The Labute approximate surface area is 131 Å². The van der Waals surface area contributed by atoms with E-state index in [9.17, 15) is 18.5 Å². The second-order valence-corrected chi connectivity index (χ2v) is 6.34. The summed E-state index contributed by atoms with van der Waals surface area (Å²) in [7, 11) is -2.25. The van der Waals surface area contributed by atoms with Gasteiger partial charge in [0.1, 0.15) is 10.6 Å². The Bertz CT molecular complexity index is 993. The topological polar surface area (TPSA) is 104 Å². The summed E-state index contributed by atoms with van der Waals surface area (Å²) < 4.78 is 31.3. The molecule has 3 rings (SSSR count). The number of imidazole rings is 1. The van der Waals surface area contributed by atoms with E-state index in [1.54, 1.807) is 17.0 Å². The summed E-state index contributed by atoms with van der Waals surface area (Å²) in [5, 5.41) is 10.6. The first-order chi connectivity index (χ1) is 10.9. The number of rotatable bonds is 4. The number of hydrogen-bond acceptors (Lipinski definition) is 6. The van der Waals surface area contributed by atoms with E-state index in [4.69, 9.17) is 4.18 Å². The lowest BCUT2D eigenvalue weighted by molar-refractivity contribution is -0.384. The van der Waals surface area contributed by atoms with Crippen molar-refractivity contribution in [3.63, 3.8) is 0 Å². The van der Waals surface area contributed by atoms with E-state index in [1.165, 1.54) is 12.1 Å². The molecule has 0 N–H and O–H groups in total. The zero-order valence-electron chi connectivity index (χ0n) is 11.9. The van der Waals surface area contributed by atoms with Crippen molar-refractivity contribution in [3.05, 3.63) is 58.9 Å². The van der Waals surface area contributed by atoms with Gasteiger partial charge in [-0.05, 0) is 24.3 Å². The zero-order chi connectivity index (χ0) is 16.6. The molecule has 0 unspecified atom stereocenters. The molecule has 0 aliphatic heterocycles. The van der Waals surface area contributed by atoms with Gasteiger partial charge in [0.2, 0.25) is 0 Å². The Balaban J connectivity index is 1.91. The molecule has 3 aromatic rings. The molecule has 0 atom stereocenters. The molecule has 0 amide bonds. The number of non-ortho nitro benzene ring substituents is 1. The Kier molecular flexibility index (Phi) is 3.49. The van der Waals surface area contributed by atoms with Crippen LogP contribution in [0.15, 0.2) is 53.7 Å². The lowest BCUT2D eigenvalue weighted by atomic mass is 10.3. The molecule has 0 aliphatic carbocycles. The van der Waals surface area contributed by atoms with Crippen LogP contribution in [-0.2, 0) is 17.2 Å². The normalized spacial score (nSPS) is 11.5. The minimum absolute atomic E-state index is 0.120. The fourth-order valence-corrected chi connectivity index (χ4v) is 3.00. The average molecular weight is 333 g/mol. The summed E-state index contributed by atoms with van der Waals surface area (Å²) in [6.45, 7) is 0. The number of nitro benzene ring substituents is 1. The molecule has 8 nitrogen and oxygen atoms in total. The molecule has 23 heavy (non-hydrogen) atoms. The number of aryl methyl sites for hydroxylation is 1. The van der Waals surface area contributed by atoms with Gasteiger partial charge in [0, 0.05) is 25.2 Å². The van der Waals surface area contributed by atoms with Gasteiger partial charge in [-0.3, -0.25) is 10.1 Å². The fraction of sp³-hybridized carbons (Fsp3) is 0.0714. The van der Waals surface area contributed by atoms with Gasteiger partial charge >= 0.3 is 10.1 Å². The van der Waals surface area contributed by atoms with E-state index < -0.39 is 15.0 Å². The lowest BCUT2D eigenvalue weighted by Crippen LogP contribution is -2.09. The van der Waals surface area contributed by atoms with Gasteiger partial charge in [-0.2, -0.15) is 8.42 Å². The fourth-order valence-electron chi connectivity index (χ4n) is 2.08. The van der Waals surface area contributed by atoms with Gasteiger partial charge in [-0.1, -0.05) is 0 Å². The third kappa shape index (κ3) is 2.86. The van der Waals surface area contributed by atoms with Crippen LogP contribution in [0.3, 0.4) is 0 Å². The van der Waals surface area contributed by atoms with Crippen molar-refractivity contribution in [2.45, 2.75) is 4.90 Å². The van der Waals surface area contributed by atoms with Crippen LogP contribution in [0.5, 0.6) is 5.75 Å². The molecule has 1 aromatic heterocycles. The van der Waals surface area contributed by atoms with Gasteiger partial charge in [0.25, 0.3) is 5.69 Å². The van der Waals surface area contributed by atoms with Gasteiger partial charge < -0.3 is 8.75 Å². The van der Waals surface area contributed by atoms with Crippen molar-refractivity contribution >= 4 is 26.8 Å². The molecule has 2 aromatic carbocycles.